The van der Waals surface area contributed by atoms with Crippen molar-refractivity contribution in [3.05, 3.63) is 0 Å². The molecule has 0 radical (unpaired) electrons. The fourth-order valence-corrected chi connectivity index (χ4v) is 0.454. The standard InChI is InChI=1S/C5H8F2N2/c1-4(3-8)2-5(6,7)9/h4H,2,9H2,1H3. The first-order valence-electron chi connectivity index (χ1n) is 2.52. The number of hydrogen-bond acceptors (Lipinski definition) is 2. The molecule has 0 amide bonds. The largest absolute Gasteiger partial charge is 0.301 e. The van der Waals surface area contributed by atoms with Gasteiger partial charge < -0.3 is 0 Å². The van der Waals surface area contributed by atoms with E-state index in [0.29, 0.717) is 0 Å². The van der Waals surface area contributed by atoms with E-state index in [-0.39, 0.29) is 0 Å². The predicted octanol–water partition coefficient (Wildman–Crippen LogP) is 1.09. The number of nitriles is 1. The fraction of sp³-hybridized carbons (Fsp3) is 0.800. The molecule has 1 unspecified atom stereocenters. The monoisotopic (exact) mass is 134 g/mol. The lowest BCUT2D eigenvalue weighted by Crippen LogP contribution is -2.30. The molecule has 0 saturated carbocycles. The molecule has 0 aliphatic carbocycles. The average molecular weight is 134 g/mol. The molecule has 52 valence electrons. The average Bonchev–Trinajstić information content (AvgIpc) is 1.62. The molecule has 9 heavy (non-hydrogen) atoms. The summed E-state index contributed by atoms with van der Waals surface area (Å²) in [7, 11) is 0. The Bertz CT molecular complexity index is 122. The van der Waals surface area contributed by atoms with Crippen LogP contribution in [-0.4, -0.2) is 6.05 Å². The van der Waals surface area contributed by atoms with Gasteiger partial charge in [0, 0.05) is 6.42 Å². The SMILES string of the molecule is CC(C#N)CC(N)(F)F. The van der Waals surface area contributed by atoms with Crippen molar-refractivity contribution in [3.63, 3.8) is 0 Å². The Morgan fingerprint density at radius 2 is 2.22 bits per heavy atom. The molecule has 0 bridgehead atoms. The number of hydrogen-bond donors (Lipinski definition) is 1. The predicted molar refractivity (Wildman–Crippen MR) is 28.5 cm³/mol. The van der Waals surface area contributed by atoms with Crippen molar-refractivity contribution >= 4 is 0 Å². The van der Waals surface area contributed by atoms with Gasteiger partial charge in [-0.3, -0.25) is 5.73 Å². The molecule has 0 saturated heterocycles. The molecule has 0 heterocycles. The molecule has 0 aliphatic rings. The highest BCUT2D eigenvalue weighted by Crippen LogP contribution is 2.15. The Morgan fingerprint density at radius 3 is 2.33 bits per heavy atom. The van der Waals surface area contributed by atoms with Crippen molar-refractivity contribution in [2.75, 3.05) is 0 Å². The van der Waals surface area contributed by atoms with Crippen LogP contribution in [0.25, 0.3) is 0 Å². The van der Waals surface area contributed by atoms with Gasteiger partial charge in [0.25, 0.3) is 0 Å². The van der Waals surface area contributed by atoms with Crippen molar-refractivity contribution < 1.29 is 8.78 Å². The molecule has 1 atom stereocenters. The van der Waals surface area contributed by atoms with Gasteiger partial charge in [-0.25, -0.2) is 0 Å². The van der Waals surface area contributed by atoms with E-state index >= 15 is 0 Å². The quantitative estimate of drug-likeness (QED) is 0.574. The maximum Gasteiger partial charge on any atom is 0.301 e. The summed E-state index contributed by atoms with van der Waals surface area (Å²) in [6, 6.07) is -1.54. The highest BCUT2D eigenvalue weighted by atomic mass is 19.3. The lowest BCUT2D eigenvalue weighted by atomic mass is 10.1. The molecule has 2 nitrogen and oxygen atoms in total. The molecule has 0 fully saturated rings. The molecule has 0 aliphatic heterocycles. The van der Waals surface area contributed by atoms with Crippen LogP contribution in [0.15, 0.2) is 0 Å². The van der Waals surface area contributed by atoms with Crippen LogP contribution in [0, 0.1) is 17.2 Å². The van der Waals surface area contributed by atoms with Gasteiger partial charge in [-0.05, 0) is 6.92 Å². The van der Waals surface area contributed by atoms with Crippen LogP contribution in [0.4, 0.5) is 8.78 Å². The van der Waals surface area contributed by atoms with Crippen LogP contribution in [0.3, 0.4) is 0 Å². The van der Waals surface area contributed by atoms with Gasteiger partial charge >= 0.3 is 6.05 Å². The Morgan fingerprint density at radius 1 is 1.78 bits per heavy atom. The molecule has 0 aromatic heterocycles. The smallest absolute Gasteiger partial charge is 0.272 e. The van der Waals surface area contributed by atoms with Gasteiger partial charge in [-0.2, -0.15) is 14.0 Å². The molecular weight excluding hydrogens is 126 g/mol. The normalized spacial score (nSPS) is 14.6. The van der Waals surface area contributed by atoms with Crippen molar-refractivity contribution in [2.45, 2.75) is 19.4 Å². The van der Waals surface area contributed by atoms with Crippen LogP contribution < -0.4 is 5.73 Å². The summed E-state index contributed by atoms with van der Waals surface area (Å²) in [5.74, 6) is -0.676. The number of halogens is 2. The van der Waals surface area contributed by atoms with Crippen LogP contribution in [0.2, 0.25) is 0 Å². The maximum atomic E-state index is 11.8. The Hall–Kier alpha value is -0.690. The first kappa shape index (κ1) is 8.31. The van der Waals surface area contributed by atoms with Crippen molar-refractivity contribution in [2.24, 2.45) is 11.7 Å². The van der Waals surface area contributed by atoms with Gasteiger partial charge in [0.1, 0.15) is 0 Å². The number of nitrogens with two attached hydrogens (primary N) is 1. The third-order valence-electron chi connectivity index (χ3n) is 0.799. The number of rotatable bonds is 2. The van der Waals surface area contributed by atoms with Crippen molar-refractivity contribution in [1.82, 2.24) is 0 Å². The third-order valence-corrected chi connectivity index (χ3v) is 0.799. The summed E-state index contributed by atoms with van der Waals surface area (Å²) in [5, 5.41) is 8.06. The number of alkyl halides is 2. The van der Waals surface area contributed by atoms with E-state index in [1.165, 1.54) is 6.92 Å². The van der Waals surface area contributed by atoms with Gasteiger partial charge in [0.2, 0.25) is 0 Å². The highest BCUT2D eigenvalue weighted by Gasteiger charge is 2.24. The maximum absolute atomic E-state index is 11.8. The van der Waals surface area contributed by atoms with Crippen LogP contribution in [-0.2, 0) is 0 Å². The van der Waals surface area contributed by atoms with Gasteiger partial charge in [0.15, 0.2) is 0 Å². The molecule has 0 spiro atoms. The van der Waals surface area contributed by atoms with E-state index < -0.39 is 18.4 Å². The van der Waals surface area contributed by atoms with E-state index in [1.54, 1.807) is 6.07 Å². The van der Waals surface area contributed by atoms with Crippen molar-refractivity contribution in [1.29, 1.82) is 5.26 Å². The summed E-state index contributed by atoms with van der Waals surface area (Å²) >= 11 is 0. The van der Waals surface area contributed by atoms with E-state index in [9.17, 15) is 8.78 Å². The first-order chi connectivity index (χ1) is 3.95. The first-order valence-corrected chi connectivity index (χ1v) is 2.52. The molecule has 0 aromatic carbocycles. The molecule has 0 rings (SSSR count). The van der Waals surface area contributed by atoms with E-state index in [4.69, 9.17) is 5.26 Å². The van der Waals surface area contributed by atoms with Gasteiger partial charge in [0.05, 0.1) is 12.0 Å². The Labute approximate surface area is 52.3 Å². The summed E-state index contributed by atoms with van der Waals surface area (Å²) in [6.07, 6.45) is -0.566. The summed E-state index contributed by atoms with van der Waals surface area (Å²) in [5.41, 5.74) is 4.33. The zero-order valence-corrected chi connectivity index (χ0v) is 5.06. The Kier molecular flexibility index (Phi) is 2.53. The molecule has 2 N–H and O–H groups in total. The lowest BCUT2D eigenvalue weighted by Gasteiger charge is -2.09. The van der Waals surface area contributed by atoms with Crippen LogP contribution in [0.1, 0.15) is 13.3 Å². The summed E-state index contributed by atoms with van der Waals surface area (Å²) in [4.78, 5) is 0. The summed E-state index contributed by atoms with van der Waals surface area (Å²) < 4.78 is 23.6. The van der Waals surface area contributed by atoms with Crippen LogP contribution in [0.5, 0.6) is 0 Å². The molecule has 4 heteroatoms. The Balaban J connectivity index is 3.63. The molecule has 0 aromatic rings. The second-order valence-electron chi connectivity index (χ2n) is 2.00. The minimum Gasteiger partial charge on any atom is -0.272 e. The van der Waals surface area contributed by atoms with Crippen LogP contribution >= 0.6 is 0 Å². The zero-order chi connectivity index (χ0) is 7.49. The third kappa shape index (κ3) is 5.18. The second kappa shape index (κ2) is 2.74. The number of nitrogens with zero attached hydrogens (tertiary/aromatic N) is 1. The van der Waals surface area contributed by atoms with Gasteiger partial charge in [-0.15, -0.1) is 0 Å². The summed E-state index contributed by atoms with van der Waals surface area (Å²) in [6.45, 7) is 1.40. The second-order valence-corrected chi connectivity index (χ2v) is 2.00. The highest BCUT2D eigenvalue weighted by molar-refractivity contribution is 4.81. The van der Waals surface area contributed by atoms with E-state index in [0.717, 1.165) is 0 Å². The fourth-order valence-electron chi connectivity index (χ4n) is 0.454. The topological polar surface area (TPSA) is 49.8 Å². The minimum atomic E-state index is -3.20. The lowest BCUT2D eigenvalue weighted by molar-refractivity contribution is -0.00861. The van der Waals surface area contributed by atoms with Gasteiger partial charge in [-0.1, -0.05) is 0 Å². The van der Waals surface area contributed by atoms with E-state index in [2.05, 4.69) is 5.73 Å². The van der Waals surface area contributed by atoms with Crippen molar-refractivity contribution in [3.8, 4) is 6.07 Å². The van der Waals surface area contributed by atoms with E-state index in [1.807, 2.05) is 0 Å². The zero-order valence-electron chi connectivity index (χ0n) is 5.06. The molecular formula is C5H8F2N2. The minimum absolute atomic E-state index is 0.566.